The lowest BCUT2D eigenvalue weighted by Gasteiger charge is -2.10. The number of fused-ring (bicyclic) bond motifs is 1. The molecule has 2 aromatic rings. The smallest absolute Gasteiger partial charge is 0.251 e. The average Bonchev–Trinajstić information content (AvgIpc) is 2.92. The van der Waals surface area contributed by atoms with E-state index >= 15 is 0 Å². The zero-order chi connectivity index (χ0) is 18.0. The Morgan fingerprint density at radius 3 is 2.65 bits per heavy atom. The molecule has 0 unspecified atom stereocenters. The molecular weight excluding hydrogens is 330 g/mol. The standard InChI is InChI=1S/C21H25NO4/c23-21(18-8-9-19-20(16-18)26-14-5-13-25-19)22-11-4-12-24-15-10-17-6-2-1-3-7-17/h1-3,6-9,16H,4-5,10-15H2,(H,22,23). The largest absolute Gasteiger partial charge is 0.490 e. The van der Waals surface area contributed by atoms with Crippen molar-refractivity contribution in [1.82, 2.24) is 5.32 Å². The molecule has 1 aliphatic heterocycles. The van der Waals surface area contributed by atoms with Crippen molar-refractivity contribution in [2.75, 3.05) is 33.0 Å². The molecule has 5 nitrogen and oxygen atoms in total. The monoisotopic (exact) mass is 355 g/mol. The van der Waals surface area contributed by atoms with Crippen LogP contribution in [-0.2, 0) is 11.2 Å². The summed E-state index contributed by atoms with van der Waals surface area (Å²) < 4.78 is 16.8. The second kappa shape index (κ2) is 9.82. The van der Waals surface area contributed by atoms with Gasteiger partial charge in [0.1, 0.15) is 0 Å². The summed E-state index contributed by atoms with van der Waals surface area (Å²) in [4.78, 5) is 12.2. The van der Waals surface area contributed by atoms with Gasteiger partial charge in [-0.25, -0.2) is 0 Å². The van der Waals surface area contributed by atoms with E-state index in [4.69, 9.17) is 14.2 Å². The highest BCUT2D eigenvalue weighted by Gasteiger charge is 2.13. The summed E-state index contributed by atoms with van der Waals surface area (Å²) in [5, 5.41) is 2.91. The third-order valence-corrected chi connectivity index (χ3v) is 4.14. The molecule has 1 amide bonds. The lowest BCUT2D eigenvalue weighted by molar-refractivity contribution is 0.0941. The van der Waals surface area contributed by atoms with Crippen molar-refractivity contribution < 1.29 is 19.0 Å². The van der Waals surface area contributed by atoms with Crippen molar-refractivity contribution in [3.05, 3.63) is 59.7 Å². The quantitative estimate of drug-likeness (QED) is 0.739. The Morgan fingerprint density at radius 1 is 1.00 bits per heavy atom. The van der Waals surface area contributed by atoms with Crippen LogP contribution in [0.3, 0.4) is 0 Å². The molecule has 0 aliphatic carbocycles. The maximum Gasteiger partial charge on any atom is 0.251 e. The van der Waals surface area contributed by atoms with Gasteiger partial charge in [0.15, 0.2) is 11.5 Å². The van der Waals surface area contributed by atoms with Gasteiger partial charge in [-0.2, -0.15) is 0 Å². The summed E-state index contributed by atoms with van der Waals surface area (Å²) in [7, 11) is 0. The van der Waals surface area contributed by atoms with E-state index in [1.54, 1.807) is 18.2 Å². The van der Waals surface area contributed by atoms with Crippen LogP contribution in [0.15, 0.2) is 48.5 Å². The first-order valence-electron chi connectivity index (χ1n) is 9.12. The molecule has 0 saturated carbocycles. The first kappa shape index (κ1) is 18.3. The topological polar surface area (TPSA) is 56.8 Å². The van der Waals surface area contributed by atoms with Gasteiger partial charge in [-0.1, -0.05) is 30.3 Å². The van der Waals surface area contributed by atoms with Crippen LogP contribution < -0.4 is 14.8 Å². The van der Waals surface area contributed by atoms with Crippen LogP contribution in [0.2, 0.25) is 0 Å². The third kappa shape index (κ3) is 5.49. The Bertz CT molecular complexity index is 702. The minimum absolute atomic E-state index is 0.107. The van der Waals surface area contributed by atoms with Gasteiger partial charge in [0.05, 0.1) is 19.8 Å². The molecule has 3 rings (SSSR count). The summed E-state index contributed by atoms with van der Waals surface area (Å²) >= 11 is 0. The highest BCUT2D eigenvalue weighted by atomic mass is 16.5. The maximum atomic E-state index is 12.2. The molecule has 0 radical (unpaired) electrons. The number of carbonyl (C=O) groups is 1. The van der Waals surface area contributed by atoms with Crippen molar-refractivity contribution in [1.29, 1.82) is 0 Å². The van der Waals surface area contributed by atoms with Crippen LogP contribution >= 0.6 is 0 Å². The van der Waals surface area contributed by atoms with Crippen molar-refractivity contribution in [3.63, 3.8) is 0 Å². The predicted molar refractivity (Wildman–Crippen MR) is 100.0 cm³/mol. The van der Waals surface area contributed by atoms with E-state index in [9.17, 15) is 4.79 Å². The molecule has 5 heteroatoms. The van der Waals surface area contributed by atoms with Gasteiger partial charge in [0.2, 0.25) is 0 Å². The molecule has 0 fully saturated rings. The highest BCUT2D eigenvalue weighted by molar-refractivity contribution is 5.94. The van der Waals surface area contributed by atoms with E-state index in [2.05, 4.69) is 17.4 Å². The summed E-state index contributed by atoms with van der Waals surface area (Å²) in [6, 6.07) is 15.6. The SMILES string of the molecule is O=C(NCCCOCCc1ccccc1)c1ccc2c(c1)OCCCO2. The molecule has 0 atom stereocenters. The Morgan fingerprint density at radius 2 is 1.81 bits per heavy atom. The lowest BCUT2D eigenvalue weighted by atomic mass is 10.2. The molecule has 1 aliphatic rings. The highest BCUT2D eigenvalue weighted by Crippen LogP contribution is 2.30. The van der Waals surface area contributed by atoms with Crippen LogP contribution in [0.1, 0.15) is 28.8 Å². The number of nitrogens with one attached hydrogen (secondary N) is 1. The second-order valence-corrected chi connectivity index (χ2v) is 6.17. The summed E-state index contributed by atoms with van der Waals surface area (Å²) in [5.41, 5.74) is 1.86. The van der Waals surface area contributed by atoms with Gasteiger partial charge in [0.25, 0.3) is 5.91 Å². The van der Waals surface area contributed by atoms with E-state index in [1.165, 1.54) is 5.56 Å². The second-order valence-electron chi connectivity index (χ2n) is 6.17. The number of hydrogen-bond acceptors (Lipinski definition) is 4. The third-order valence-electron chi connectivity index (χ3n) is 4.14. The van der Waals surface area contributed by atoms with Gasteiger partial charge >= 0.3 is 0 Å². The first-order chi connectivity index (χ1) is 12.8. The molecule has 26 heavy (non-hydrogen) atoms. The molecular formula is C21H25NO4. The fourth-order valence-corrected chi connectivity index (χ4v) is 2.72. The lowest BCUT2D eigenvalue weighted by Crippen LogP contribution is -2.25. The normalized spacial score (nSPS) is 13.1. The van der Waals surface area contributed by atoms with Crippen LogP contribution in [0, 0.1) is 0 Å². The minimum Gasteiger partial charge on any atom is -0.490 e. The fraction of sp³-hybridized carbons (Fsp3) is 0.381. The van der Waals surface area contributed by atoms with Crippen LogP contribution in [0.25, 0.3) is 0 Å². The molecule has 138 valence electrons. The van der Waals surface area contributed by atoms with E-state index in [-0.39, 0.29) is 5.91 Å². The van der Waals surface area contributed by atoms with Gasteiger partial charge in [-0.15, -0.1) is 0 Å². The Kier molecular flexibility index (Phi) is 6.90. The zero-order valence-electron chi connectivity index (χ0n) is 14.9. The van der Waals surface area contributed by atoms with E-state index in [0.29, 0.717) is 50.0 Å². The molecule has 1 heterocycles. The first-order valence-corrected chi connectivity index (χ1v) is 9.12. The molecule has 2 aromatic carbocycles. The van der Waals surface area contributed by atoms with Crippen molar-refractivity contribution in [2.45, 2.75) is 19.3 Å². The predicted octanol–water partition coefficient (Wildman–Crippen LogP) is 3.23. The number of hydrogen-bond donors (Lipinski definition) is 1. The molecule has 0 aromatic heterocycles. The average molecular weight is 355 g/mol. The number of benzene rings is 2. The zero-order valence-corrected chi connectivity index (χ0v) is 14.9. The van der Waals surface area contributed by atoms with Crippen molar-refractivity contribution in [2.24, 2.45) is 0 Å². The van der Waals surface area contributed by atoms with Crippen molar-refractivity contribution in [3.8, 4) is 11.5 Å². The molecule has 0 saturated heterocycles. The molecule has 0 bridgehead atoms. The molecule has 0 spiro atoms. The number of amides is 1. The van der Waals surface area contributed by atoms with E-state index in [0.717, 1.165) is 19.3 Å². The minimum atomic E-state index is -0.107. The van der Waals surface area contributed by atoms with Crippen LogP contribution in [0.5, 0.6) is 11.5 Å². The van der Waals surface area contributed by atoms with Crippen molar-refractivity contribution >= 4 is 5.91 Å². The summed E-state index contributed by atoms with van der Waals surface area (Å²) in [6.07, 6.45) is 2.54. The van der Waals surface area contributed by atoms with Crippen LogP contribution in [-0.4, -0.2) is 38.9 Å². The number of rotatable bonds is 8. The van der Waals surface area contributed by atoms with E-state index < -0.39 is 0 Å². The number of ether oxygens (including phenoxy) is 3. The van der Waals surface area contributed by atoms with E-state index in [1.807, 2.05) is 18.2 Å². The summed E-state index contributed by atoms with van der Waals surface area (Å²) in [5.74, 6) is 1.23. The summed E-state index contributed by atoms with van der Waals surface area (Å²) in [6.45, 7) is 3.16. The van der Waals surface area contributed by atoms with Gasteiger partial charge in [-0.3, -0.25) is 4.79 Å². The molecule has 1 N–H and O–H groups in total. The fourth-order valence-electron chi connectivity index (χ4n) is 2.72. The maximum absolute atomic E-state index is 12.2. The van der Waals surface area contributed by atoms with Gasteiger partial charge in [-0.05, 0) is 36.6 Å². The van der Waals surface area contributed by atoms with Gasteiger partial charge in [0, 0.05) is 25.1 Å². The Hall–Kier alpha value is -2.53. The van der Waals surface area contributed by atoms with Crippen LogP contribution in [0.4, 0.5) is 0 Å². The van der Waals surface area contributed by atoms with Gasteiger partial charge < -0.3 is 19.5 Å². The Balaban J connectivity index is 1.33. The number of carbonyl (C=O) groups excluding carboxylic acids is 1. The Labute approximate surface area is 154 Å².